The van der Waals surface area contributed by atoms with Gasteiger partial charge in [-0.05, 0) is 43.7 Å². The van der Waals surface area contributed by atoms with Gasteiger partial charge < -0.3 is 5.73 Å². The van der Waals surface area contributed by atoms with E-state index in [0.717, 1.165) is 12.8 Å². The largest absolute Gasteiger partial charge is 0.398 e. The number of benzene rings is 1. The Morgan fingerprint density at radius 2 is 2.11 bits per heavy atom. The lowest BCUT2D eigenvalue weighted by Gasteiger charge is -2.14. The van der Waals surface area contributed by atoms with Gasteiger partial charge >= 0.3 is 0 Å². The predicted molar refractivity (Wildman–Crippen MR) is 81.3 cm³/mol. The monoisotopic (exact) mass is 320 g/mol. The normalized spacial score (nSPS) is 17.4. The van der Waals surface area contributed by atoms with Crippen LogP contribution in [0.5, 0.6) is 0 Å². The standard InChI is InChI=1S/C12H17ClN2O2S2/c1-8-10(13)5-9(6-11(8)14)19(16,17)15-7-12(18-2)3-4-12/h5-6,15H,3-4,7,14H2,1-2H3. The van der Waals surface area contributed by atoms with Gasteiger partial charge in [0.2, 0.25) is 10.0 Å². The van der Waals surface area contributed by atoms with Gasteiger partial charge in [0.05, 0.1) is 4.90 Å². The SMILES string of the molecule is CSC1(CNS(=O)(=O)c2cc(N)c(C)c(Cl)c2)CC1. The summed E-state index contributed by atoms with van der Waals surface area (Å²) >= 11 is 7.68. The molecular weight excluding hydrogens is 304 g/mol. The Morgan fingerprint density at radius 3 is 2.58 bits per heavy atom. The molecule has 2 rings (SSSR count). The third kappa shape index (κ3) is 3.18. The predicted octanol–water partition coefficient (Wildman–Crippen LogP) is 2.40. The van der Waals surface area contributed by atoms with E-state index in [1.165, 1.54) is 12.1 Å². The van der Waals surface area contributed by atoms with Crippen molar-refractivity contribution >= 4 is 39.1 Å². The van der Waals surface area contributed by atoms with Crippen molar-refractivity contribution in [3.63, 3.8) is 0 Å². The first-order valence-corrected chi connectivity index (χ1v) is 8.99. The maximum absolute atomic E-state index is 12.2. The molecular formula is C12H17ClN2O2S2. The summed E-state index contributed by atoms with van der Waals surface area (Å²) in [6.07, 6.45) is 4.10. The average molecular weight is 321 g/mol. The lowest BCUT2D eigenvalue weighted by Crippen LogP contribution is -2.31. The Labute approximate surface area is 123 Å². The lowest BCUT2D eigenvalue weighted by atomic mass is 10.2. The van der Waals surface area contributed by atoms with Crippen LogP contribution < -0.4 is 10.5 Å². The zero-order chi connectivity index (χ0) is 14.3. The molecule has 1 aromatic rings. The number of thioether (sulfide) groups is 1. The first-order valence-electron chi connectivity index (χ1n) is 5.90. The molecule has 7 heteroatoms. The van der Waals surface area contributed by atoms with Crippen LogP contribution in [0.4, 0.5) is 5.69 Å². The fourth-order valence-electron chi connectivity index (χ4n) is 1.73. The average Bonchev–Trinajstić information content (AvgIpc) is 3.14. The molecule has 19 heavy (non-hydrogen) atoms. The van der Waals surface area contributed by atoms with E-state index in [-0.39, 0.29) is 9.64 Å². The number of rotatable bonds is 5. The molecule has 1 aliphatic carbocycles. The lowest BCUT2D eigenvalue weighted by molar-refractivity contribution is 0.580. The summed E-state index contributed by atoms with van der Waals surface area (Å²) in [7, 11) is -3.55. The van der Waals surface area contributed by atoms with Gasteiger partial charge in [-0.3, -0.25) is 0 Å². The van der Waals surface area contributed by atoms with Gasteiger partial charge in [-0.1, -0.05) is 11.6 Å². The van der Waals surface area contributed by atoms with Gasteiger partial charge in [0, 0.05) is 22.0 Å². The van der Waals surface area contributed by atoms with Crippen LogP contribution in [-0.4, -0.2) is 26.0 Å². The summed E-state index contributed by atoms with van der Waals surface area (Å²) in [6.45, 7) is 2.20. The highest BCUT2D eigenvalue weighted by Crippen LogP contribution is 2.46. The van der Waals surface area contributed by atoms with Gasteiger partial charge in [-0.15, -0.1) is 0 Å². The molecule has 0 amide bonds. The summed E-state index contributed by atoms with van der Waals surface area (Å²) < 4.78 is 27.1. The second kappa shape index (κ2) is 5.16. The van der Waals surface area contributed by atoms with E-state index >= 15 is 0 Å². The van der Waals surface area contributed by atoms with E-state index < -0.39 is 10.0 Å². The topological polar surface area (TPSA) is 72.2 Å². The number of sulfonamides is 1. The molecule has 0 spiro atoms. The number of hydrogen-bond acceptors (Lipinski definition) is 4. The third-order valence-electron chi connectivity index (χ3n) is 3.49. The van der Waals surface area contributed by atoms with E-state index in [0.29, 0.717) is 22.8 Å². The van der Waals surface area contributed by atoms with Crippen LogP contribution in [0.3, 0.4) is 0 Å². The van der Waals surface area contributed by atoms with Crippen LogP contribution in [-0.2, 0) is 10.0 Å². The molecule has 0 aromatic heterocycles. The third-order valence-corrected chi connectivity index (χ3v) is 6.69. The second-order valence-corrected chi connectivity index (χ2v) is 8.28. The fourth-order valence-corrected chi connectivity index (χ4v) is 4.03. The molecule has 106 valence electrons. The molecule has 1 aliphatic rings. The quantitative estimate of drug-likeness (QED) is 0.817. The number of nitrogens with one attached hydrogen (secondary N) is 1. The highest BCUT2D eigenvalue weighted by atomic mass is 35.5. The van der Waals surface area contributed by atoms with Crippen molar-refractivity contribution in [3.8, 4) is 0 Å². The van der Waals surface area contributed by atoms with Crippen LogP contribution >= 0.6 is 23.4 Å². The molecule has 0 unspecified atom stereocenters. The minimum Gasteiger partial charge on any atom is -0.398 e. The van der Waals surface area contributed by atoms with Crippen molar-refractivity contribution in [3.05, 3.63) is 22.7 Å². The van der Waals surface area contributed by atoms with Gasteiger partial charge in [0.15, 0.2) is 0 Å². The van der Waals surface area contributed by atoms with Crippen LogP contribution in [0.25, 0.3) is 0 Å². The Kier molecular flexibility index (Phi) is 4.07. The minimum absolute atomic E-state index is 0.0765. The first-order chi connectivity index (χ1) is 8.80. The first kappa shape index (κ1) is 15.0. The molecule has 3 N–H and O–H groups in total. The Hall–Kier alpha value is -0.430. The van der Waals surface area contributed by atoms with Crippen LogP contribution in [0.1, 0.15) is 18.4 Å². The van der Waals surface area contributed by atoms with Crippen molar-refractivity contribution in [2.24, 2.45) is 0 Å². The van der Waals surface area contributed by atoms with Gasteiger partial charge in [0.1, 0.15) is 0 Å². The Balaban J connectivity index is 2.20. The zero-order valence-electron chi connectivity index (χ0n) is 10.9. The van der Waals surface area contributed by atoms with Gasteiger partial charge in [-0.2, -0.15) is 11.8 Å². The second-order valence-electron chi connectivity index (χ2n) is 4.83. The molecule has 0 saturated heterocycles. The molecule has 0 aliphatic heterocycles. The minimum atomic E-state index is -3.55. The number of anilines is 1. The highest BCUT2D eigenvalue weighted by molar-refractivity contribution is 8.00. The summed E-state index contributed by atoms with van der Waals surface area (Å²) in [4.78, 5) is 0.123. The van der Waals surface area contributed by atoms with E-state index in [9.17, 15) is 8.42 Å². The van der Waals surface area contributed by atoms with E-state index in [4.69, 9.17) is 17.3 Å². The highest BCUT2D eigenvalue weighted by Gasteiger charge is 2.42. The van der Waals surface area contributed by atoms with Crippen molar-refractivity contribution in [2.75, 3.05) is 18.5 Å². The smallest absolute Gasteiger partial charge is 0.240 e. The van der Waals surface area contributed by atoms with E-state index in [1.807, 2.05) is 6.26 Å². The summed E-state index contributed by atoms with van der Waals surface area (Å²) in [5, 5.41) is 0.367. The molecule has 4 nitrogen and oxygen atoms in total. The maximum atomic E-state index is 12.2. The molecule has 1 aromatic carbocycles. The van der Waals surface area contributed by atoms with E-state index in [2.05, 4.69) is 4.72 Å². The number of hydrogen-bond donors (Lipinski definition) is 2. The molecule has 0 radical (unpaired) electrons. The number of nitrogens with two attached hydrogens (primary N) is 1. The van der Waals surface area contributed by atoms with Crippen molar-refractivity contribution < 1.29 is 8.42 Å². The molecule has 0 heterocycles. The molecule has 1 saturated carbocycles. The molecule has 0 atom stereocenters. The zero-order valence-corrected chi connectivity index (χ0v) is 13.3. The number of nitrogen functional groups attached to an aromatic ring is 1. The van der Waals surface area contributed by atoms with Crippen LogP contribution in [0.15, 0.2) is 17.0 Å². The Morgan fingerprint density at radius 1 is 1.47 bits per heavy atom. The molecule has 1 fully saturated rings. The summed E-state index contributed by atoms with van der Waals surface area (Å²) in [6, 6.07) is 2.89. The van der Waals surface area contributed by atoms with Gasteiger partial charge in [0.25, 0.3) is 0 Å². The number of halogens is 1. The maximum Gasteiger partial charge on any atom is 0.240 e. The van der Waals surface area contributed by atoms with Crippen molar-refractivity contribution in [1.29, 1.82) is 0 Å². The van der Waals surface area contributed by atoms with Crippen molar-refractivity contribution in [2.45, 2.75) is 29.4 Å². The molecule has 0 bridgehead atoms. The summed E-state index contributed by atoms with van der Waals surface area (Å²) in [5.41, 5.74) is 6.84. The van der Waals surface area contributed by atoms with Crippen LogP contribution in [0, 0.1) is 6.92 Å². The summed E-state index contributed by atoms with van der Waals surface area (Å²) in [5.74, 6) is 0. The fraction of sp³-hybridized carbons (Fsp3) is 0.500. The van der Waals surface area contributed by atoms with Crippen LogP contribution in [0.2, 0.25) is 5.02 Å². The van der Waals surface area contributed by atoms with Crippen molar-refractivity contribution in [1.82, 2.24) is 4.72 Å². The van der Waals surface area contributed by atoms with Gasteiger partial charge in [-0.25, -0.2) is 13.1 Å². The van der Waals surface area contributed by atoms with E-state index in [1.54, 1.807) is 18.7 Å². The Bertz CT molecular complexity index is 575.